The number of hydrogen-bond acceptors (Lipinski definition) is 5. The van der Waals surface area contributed by atoms with Crippen LogP contribution < -0.4 is 5.56 Å². The molecule has 3 heterocycles. The minimum atomic E-state index is -0.880. The standard InChI is InChI=1S/C23H29N5O2/c1-26-12-11-23(30,22(15-26)9-5-6-10-22)16-27-17-24-20-19(21(27)29)13-25-28(20)14-18-7-3-2-4-8-18/h2-4,7-8,13,17,30H,5-6,9-12,14-16H2,1H3. The molecule has 1 unspecified atom stereocenters. The molecule has 1 saturated carbocycles. The maximum atomic E-state index is 13.2. The topological polar surface area (TPSA) is 76.2 Å². The number of hydrogen-bond donors (Lipinski definition) is 1. The Hall–Kier alpha value is -2.51. The van der Waals surface area contributed by atoms with Crippen molar-refractivity contribution < 1.29 is 5.11 Å². The van der Waals surface area contributed by atoms with Crippen LogP contribution in [0.5, 0.6) is 0 Å². The highest BCUT2D eigenvalue weighted by molar-refractivity contribution is 5.73. The maximum absolute atomic E-state index is 13.2. The van der Waals surface area contributed by atoms with Crippen LogP contribution in [0.3, 0.4) is 0 Å². The van der Waals surface area contributed by atoms with Gasteiger partial charge in [0.2, 0.25) is 0 Å². The first-order valence-corrected chi connectivity index (χ1v) is 10.9. The van der Waals surface area contributed by atoms with E-state index in [1.807, 2.05) is 30.3 Å². The van der Waals surface area contributed by atoms with E-state index in [0.29, 0.717) is 30.5 Å². The first-order chi connectivity index (χ1) is 14.5. The van der Waals surface area contributed by atoms with E-state index in [0.717, 1.165) is 44.3 Å². The second-order valence-corrected chi connectivity index (χ2v) is 9.21. The quantitative estimate of drug-likeness (QED) is 0.718. The number of nitrogens with zero attached hydrogens (tertiary/aromatic N) is 5. The summed E-state index contributed by atoms with van der Waals surface area (Å²) in [7, 11) is 2.13. The fourth-order valence-electron chi connectivity index (χ4n) is 5.57. The van der Waals surface area contributed by atoms with Crippen LogP contribution in [0.4, 0.5) is 0 Å². The second kappa shape index (κ2) is 7.32. The van der Waals surface area contributed by atoms with Crippen LogP contribution >= 0.6 is 0 Å². The molecule has 2 fully saturated rings. The van der Waals surface area contributed by atoms with Crippen LogP contribution in [-0.2, 0) is 13.1 Å². The zero-order chi connectivity index (χ0) is 20.8. The predicted molar refractivity (Wildman–Crippen MR) is 115 cm³/mol. The Morgan fingerprint density at radius 2 is 1.90 bits per heavy atom. The van der Waals surface area contributed by atoms with Crippen molar-refractivity contribution in [2.24, 2.45) is 5.41 Å². The summed E-state index contributed by atoms with van der Waals surface area (Å²) in [6.07, 6.45) is 8.21. The van der Waals surface area contributed by atoms with E-state index in [-0.39, 0.29) is 11.0 Å². The van der Waals surface area contributed by atoms with Gasteiger partial charge in [-0.1, -0.05) is 43.2 Å². The highest BCUT2D eigenvalue weighted by Gasteiger charge is 2.54. The Morgan fingerprint density at radius 3 is 2.67 bits per heavy atom. The third-order valence-electron chi connectivity index (χ3n) is 7.26. The summed E-state index contributed by atoms with van der Waals surface area (Å²) in [5.74, 6) is 0. The van der Waals surface area contributed by atoms with Crippen LogP contribution in [0.15, 0.2) is 47.7 Å². The molecule has 2 aromatic heterocycles. The lowest BCUT2D eigenvalue weighted by molar-refractivity contribution is -0.139. The molecular weight excluding hydrogens is 378 g/mol. The predicted octanol–water partition coefficient (Wildman–Crippen LogP) is 2.27. The minimum absolute atomic E-state index is 0.125. The van der Waals surface area contributed by atoms with Crippen molar-refractivity contribution in [2.75, 3.05) is 20.1 Å². The summed E-state index contributed by atoms with van der Waals surface area (Å²) in [5.41, 5.74) is 0.560. The van der Waals surface area contributed by atoms with Gasteiger partial charge in [-0.25, -0.2) is 9.67 Å². The van der Waals surface area contributed by atoms with Crippen LogP contribution in [0.25, 0.3) is 11.0 Å². The van der Waals surface area contributed by atoms with Crippen molar-refractivity contribution >= 4 is 11.0 Å². The smallest absolute Gasteiger partial charge is 0.264 e. The van der Waals surface area contributed by atoms with Crippen molar-refractivity contribution in [3.63, 3.8) is 0 Å². The fourth-order valence-corrected chi connectivity index (χ4v) is 5.57. The number of rotatable bonds is 4. The normalized spacial score (nSPS) is 24.1. The van der Waals surface area contributed by atoms with Crippen molar-refractivity contribution in [2.45, 2.75) is 50.8 Å². The molecule has 0 amide bonds. The summed E-state index contributed by atoms with van der Waals surface area (Å²) < 4.78 is 3.36. The Morgan fingerprint density at radius 1 is 1.13 bits per heavy atom. The molecule has 158 valence electrons. The van der Waals surface area contributed by atoms with Crippen molar-refractivity contribution in [1.82, 2.24) is 24.2 Å². The first kappa shape index (κ1) is 19.5. The average molecular weight is 408 g/mol. The third kappa shape index (κ3) is 3.17. The van der Waals surface area contributed by atoms with E-state index >= 15 is 0 Å². The Labute approximate surface area is 176 Å². The van der Waals surface area contributed by atoms with Gasteiger partial charge in [0.1, 0.15) is 11.7 Å². The molecule has 1 aromatic carbocycles. The lowest BCUT2D eigenvalue weighted by Crippen LogP contribution is -2.60. The van der Waals surface area contributed by atoms with E-state index in [9.17, 15) is 9.90 Å². The van der Waals surface area contributed by atoms with Gasteiger partial charge in [0.15, 0.2) is 5.65 Å². The van der Waals surface area contributed by atoms with Crippen molar-refractivity contribution in [3.8, 4) is 0 Å². The van der Waals surface area contributed by atoms with E-state index in [4.69, 9.17) is 0 Å². The molecule has 1 saturated heterocycles. The monoisotopic (exact) mass is 407 g/mol. The molecule has 1 atom stereocenters. The van der Waals surface area contributed by atoms with Crippen molar-refractivity contribution in [1.29, 1.82) is 0 Å². The van der Waals surface area contributed by atoms with Gasteiger partial charge in [-0.3, -0.25) is 9.36 Å². The van der Waals surface area contributed by atoms with E-state index in [2.05, 4.69) is 22.0 Å². The average Bonchev–Trinajstić information content (AvgIpc) is 3.37. The zero-order valence-electron chi connectivity index (χ0n) is 17.5. The van der Waals surface area contributed by atoms with Gasteiger partial charge in [-0.15, -0.1) is 0 Å². The molecule has 7 nitrogen and oxygen atoms in total. The van der Waals surface area contributed by atoms with Gasteiger partial charge >= 0.3 is 0 Å². The number of aromatic nitrogens is 4. The lowest BCUT2D eigenvalue weighted by atomic mass is 9.66. The van der Waals surface area contributed by atoms with Gasteiger partial charge in [0, 0.05) is 18.5 Å². The molecule has 1 aliphatic heterocycles. The van der Waals surface area contributed by atoms with Gasteiger partial charge in [-0.05, 0) is 31.9 Å². The van der Waals surface area contributed by atoms with Crippen molar-refractivity contribution in [3.05, 3.63) is 58.8 Å². The number of aliphatic hydroxyl groups is 1. The third-order valence-corrected chi connectivity index (χ3v) is 7.26. The lowest BCUT2D eigenvalue weighted by Gasteiger charge is -2.51. The highest BCUT2D eigenvalue weighted by Crippen LogP contribution is 2.51. The van der Waals surface area contributed by atoms with E-state index in [1.54, 1.807) is 21.8 Å². The van der Waals surface area contributed by atoms with Crippen LogP contribution in [0.1, 0.15) is 37.7 Å². The molecule has 1 N–H and O–H groups in total. The molecule has 1 spiro atoms. The maximum Gasteiger partial charge on any atom is 0.264 e. The van der Waals surface area contributed by atoms with E-state index in [1.165, 1.54) is 0 Å². The SMILES string of the molecule is CN1CCC(O)(Cn2cnc3c(cnn3Cc3ccccc3)c2=O)C2(CCCC2)C1. The number of likely N-dealkylation sites (tertiary alicyclic amines) is 1. The van der Waals surface area contributed by atoms with Crippen LogP contribution in [-0.4, -0.2) is 55.1 Å². The molecule has 30 heavy (non-hydrogen) atoms. The van der Waals surface area contributed by atoms with E-state index < -0.39 is 5.60 Å². The molecule has 0 bridgehead atoms. The summed E-state index contributed by atoms with van der Waals surface area (Å²) in [5, 5.41) is 16.7. The van der Waals surface area contributed by atoms with Gasteiger partial charge < -0.3 is 10.0 Å². The molecule has 5 rings (SSSR count). The molecule has 0 radical (unpaired) electrons. The zero-order valence-corrected chi connectivity index (χ0v) is 17.5. The summed E-state index contributed by atoms with van der Waals surface area (Å²) in [6.45, 7) is 2.60. The first-order valence-electron chi connectivity index (χ1n) is 10.9. The molecule has 3 aromatic rings. The number of benzene rings is 1. The Balaban J connectivity index is 1.47. The Bertz CT molecular complexity index is 1100. The summed E-state index contributed by atoms with van der Waals surface area (Å²) in [4.78, 5) is 20.1. The molecular formula is C23H29N5O2. The number of piperidine rings is 1. The van der Waals surface area contributed by atoms with Gasteiger partial charge in [0.25, 0.3) is 5.56 Å². The second-order valence-electron chi connectivity index (χ2n) is 9.21. The van der Waals surface area contributed by atoms with Gasteiger partial charge in [0.05, 0.1) is 24.9 Å². The minimum Gasteiger partial charge on any atom is -0.387 e. The largest absolute Gasteiger partial charge is 0.387 e. The molecule has 2 aliphatic rings. The highest BCUT2D eigenvalue weighted by atomic mass is 16.3. The molecule has 7 heteroatoms. The molecule has 1 aliphatic carbocycles. The summed E-state index contributed by atoms with van der Waals surface area (Å²) >= 11 is 0. The van der Waals surface area contributed by atoms with Crippen LogP contribution in [0.2, 0.25) is 0 Å². The van der Waals surface area contributed by atoms with Gasteiger partial charge in [-0.2, -0.15) is 5.10 Å². The Kier molecular flexibility index (Phi) is 4.75. The van der Waals surface area contributed by atoms with Crippen LogP contribution in [0, 0.1) is 5.41 Å². The number of fused-ring (bicyclic) bond motifs is 1. The summed E-state index contributed by atoms with van der Waals surface area (Å²) in [6, 6.07) is 10.0. The fraction of sp³-hybridized carbons (Fsp3) is 0.522.